The number of amides is 1. The van der Waals surface area contributed by atoms with Gasteiger partial charge in [0.2, 0.25) is 0 Å². The van der Waals surface area contributed by atoms with Gasteiger partial charge < -0.3 is 10.4 Å². The van der Waals surface area contributed by atoms with Crippen molar-refractivity contribution in [1.29, 1.82) is 0 Å². The van der Waals surface area contributed by atoms with E-state index in [1.165, 1.54) is 13.8 Å². The van der Waals surface area contributed by atoms with Crippen LogP contribution in [0.2, 0.25) is 0 Å². The Morgan fingerprint density at radius 1 is 1.37 bits per heavy atom. The van der Waals surface area contributed by atoms with Crippen molar-refractivity contribution in [1.82, 2.24) is 10.3 Å². The Morgan fingerprint density at radius 2 is 1.95 bits per heavy atom. The van der Waals surface area contributed by atoms with Crippen molar-refractivity contribution in [2.45, 2.75) is 26.1 Å². The lowest BCUT2D eigenvalue weighted by Crippen LogP contribution is -2.38. The van der Waals surface area contributed by atoms with Gasteiger partial charge in [0, 0.05) is 0 Å². The van der Waals surface area contributed by atoms with Gasteiger partial charge in [-0.15, -0.1) is 0 Å². The fourth-order valence-corrected chi connectivity index (χ4v) is 1.30. The van der Waals surface area contributed by atoms with E-state index in [0.717, 1.165) is 6.07 Å². The molecule has 0 aliphatic carbocycles. The van der Waals surface area contributed by atoms with Gasteiger partial charge in [-0.1, -0.05) is 0 Å². The number of carboxylic acids is 1. The SMILES string of the molecule is Cc1nc(C(F)(F)F)ccc1C(=O)N[C@@H](C)C(=O)O. The van der Waals surface area contributed by atoms with Crippen molar-refractivity contribution in [3.8, 4) is 0 Å². The third kappa shape index (κ3) is 3.67. The topological polar surface area (TPSA) is 79.3 Å². The number of nitrogens with zero attached hydrogens (tertiary/aromatic N) is 1. The van der Waals surface area contributed by atoms with Gasteiger partial charge in [0.1, 0.15) is 11.7 Å². The van der Waals surface area contributed by atoms with E-state index in [1.807, 2.05) is 0 Å². The molecule has 0 unspecified atom stereocenters. The number of aryl methyl sites for hydroxylation is 1. The largest absolute Gasteiger partial charge is 0.480 e. The molecule has 0 aliphatic heterocycles. The Balaban J connectivity index is 2.97. The van der Waals surface area contributed by atoms with Crippen LogP contribution in [0.5, 0.6) is 0 Å². The molecular weight excluding hydrogens is 265 g/mol. The number of alkyl halides is 3. The van der Waals surface area contributed by atoms with Crippen LogP contribution in [0.1, 0.15) is 28.7 Å². The first-order valence-electron chi connectivity index (χ1n) is 5.21. The van der Waals surface area contributed by atoms with Gasteiger partial charge in [0.25, 0.3) is 5.91 Å². The second kappa shape index (κ2) is 5.25. The van der Waals surface area contributed by atoms with E-state index in [2.05, 4.69) is 10.3 Å². The molecule has 0 aromatic carbocycles. The first kappa shape index (κ1) is 14.9. The molecule has 0 radical (unpaired) electrons. The molecule has 0 fully saturated rings. The van der Waals surface area contributed by atoms with Crippen LogP contribution in [0, 0.1) is 6.92 Å². The molecule has 1 aromatic heterocycles. The lowest BCUT2D eigenvalue weighted by molar-refractivity contribution is -0.141. The lowest BCUT2D eigenvalue weighted by atomic mass is 10.1. The summed E-state index contributed by atoms with van der Waals surface area (Å²) in [6, 6.07) is 0.497. The average molecular weight is 276 g/mol. The first-order chi connectivity index (χ1) is 8.62. The predicted octanol–water partition coefficient (Wildman–Crippen LogP) is 1.61. The smallest absolute Gasteiger partial charge is 0.433 e. The average Bonchev–Trinajstić information content (AvgIpc) is 2.27. The zero-order valence-electron chi connectivity index (χ0n) is 10.1. The van der Waals surface area contributed by atoms with Crippen molar-refractivity contribution < 1.29 is 27.9 Å². The van der Waals surface area contributed by atoms with Gasteiger partial charge in [-0.2, -0.15) is 13.2 Å². The number of carboxylic acid groups (broad SMARTS) is 1. The van der Waals surface area contributed by atoms with Crippen LogP contribution in [0.15, 0.2) is 12.1 Å². The van der Waals surface area contributed by atoms with Crippen LogP contribution >= 0.6 is 0 Å². The maximum Gasteiger partial charge on any atom is 0.433 e. The van der Waals surface area contributed by atoms with E-state index in [1.54, 1.807) is 0 Å². The van der Waals surface area contributed by atoms with E-state index >= 15 is 0 Å². The Bertz CT molecular complexity index is 514. The van der Waals surface area contributed by atoms with E-state index in [9.17, 15) is 22.8 Å². The molecule has 5 nitrogen and oxygen atoms in total. The Morgan fingerprint density at radius 3 is 2.37 bits per heavy atom. The van der Waals surface area contributed by atoms with Crippen LogP contribution in [-0.4, -0.2) is 28.0 Å². The number of hydrogen-bond donors (Lipinski definition) is 2. The number of rotatable bonds is 3. The highest BCUT2D eigenvalue weighted by molar-refractivity contribution is 5.97. The van der Waals surface area contributed by atoms with E-state index in [0.29, 0.717) is 6.07 Å². The Kier molecular flexibility index (Phi) is 4.13. The maximum atomic E-state index is 12.4. The molecule has 2 N–H and O–H groups in total. The minimum Gasteiger partial charge on any atom is -0.480 e. The molecule has 0 bridgehead atoms. The standard InChI is InChI=1S/C11H11F3N2O3/c1-5-7(9(17)16-6(2)10(18)19)3-4-8(15-5)11(12,13)14/h3-4,6H,1-2H3,(H,16,17)(H,18,19)/t6-/m0/s1. The highest BCUT2D eigenvalue weighted by Gasteiger charge is 2.33. The summed E-state index contributed by atoms with van der Waals surface area (Å²) >= 11 is 0. The van der Waals surface area contributed by atoms with E-state index in [4.69, 9.17) is 5.11 Å². The highest BCUT2D eigenvalue weighted by Crippen LogP contribution is 2.28. The summed E-state index contributed by atoms with van der Waals surface area (Å²) in [7, 11) is 0. The molecule has 1 amide bonds. The number of aromatic nitrogens is 1. The van der Waals surface area contributed by atoms with Gasteiger partial charge >= 0.3 is 12.1 Å². The highest BCUT2D eigenvalue weighted by atomic mass is 19.4. The number of halogens is 3. The third-order valence-corrected chi connectivity index (χ3v) is 2.34. The van der Waals surface area contributed by atoms with Crippen molar-refractivity contribution in [2.24, 2.45) is 0 Å². The van der Waals surface area contributed by atoms with E-state index < -0.39 is 29.8 Å². The second-order valence-electron chi connectivity index (χ2n) is 3.86. The molecule has 104 valence electrons. The Hall–Kier alpha value is -2.12. The van der Waals surface area contributed by atoms with Crippen LogP contribution in [0.4, 0.5) is 13.2 Å². The van der Waals surface area contributed by atoms with Gasteiger partial charge in [0.15, 0.2) is 0 Å². The summed E-state index contributed by atoms with van der Waals surface area (Å²) in [6.07, 6.45) is -4.59. The molecule has 19 heavy (non-hydrogen) atoms. The summed E-state index contributed by atoms with van der Waals surface area (Å²) in [4.78, 5) is 25.5. The molecule has 1 heterocycles. The van der Waals surface area contributed by atoms with Crippen molar-refractivity contribution in [3.63, 3.8) is 0 Å². The summed E-state index contributed by atoms with van der Waals surface area (Å²) in [6.45, 7) is 2.49. The quantitative estimate of drug-likeness (QED) is 0.879. The number of carbonyl (C=O) groups is 2. The number of pyridine rings is 1. The predicted molar refractivity (Wildman–Crippen MR) is 58.5 cm³/mol. The first-order valence-corrected chi connectivity index (χ1v) is 5.21. The number of hydrogen-bond acceptors (Lipinski definition) is 3. The lowest BCUT2D eigenvalue weighted by Gasteiger charge is -2.12. The molecule has 0 saturated carbocycles. The van der Waals surface area contributed by atoms with Crippen LogP contribution in [0.3, 0.4) is 0 Å². The van der Waals surface area contributed by atoms with Gasteiger partial charge in [-0.05, 0) is 26.0 Å². The number of carbonyl (C=O) groups excluding carboxylic acids is 1. The minimum absolute atomic E-state index is 0.0962. The van der Waals surface area contributed by atoms with Gasteiger partial charge in [-0.25, -0.2) is 4.98 Å². The molecule has 0 spiro atoms. The maximum absolute atomic E-state index is 12.4. The number of nitrogens with one attached hydrogen (secondary N) is 1. The molecular formula is C11H11F3N2O3. The molecule has 1 aromatic rings. The van der Waals surface area contributed by atoms with Crippen LogP contribution in [0.25, 0.3) is 0 Å². The van der Waals surface area contributed by atoms with Crippen LogP contribution in [-0.2, 0) is 11.0 Å². The fraction of sp³-hybridized carbons (Fsp3) is 0.364. The third-order valence-electron chi connectivity index (χ3n) is 2.34. The zero-order chi connectivity index (χ0) is 14.8. The van der Waals surface area contributed by atoms with Crippen molar-refractivity contribution in [2.75, 3.05) is 0 Å². The summed E-state index contributed by atoms with van der Waals surface area (Å²) < 4.78 is 37.1. The Labute approximate surface area is 106 Å². The molecule has 8 heteroatoms. The van der Waals surface area contributed by atoms with E-state index in [-0.39, 0.29) is 11.3 Å². The minimum atomic E-state index is -4.59. The zero-order valence-corrected chi connectivity index (χ0v) is 10.1. The summed E-state index contributed by atoms with van der Waals surface area (Å²) in [5.41, 5.74) is -1.32. The summed E-state index contributed by atoms with van der Waals surface area (Å²) in [5.74, 6) is -2.03. The number of aliphatic carboxylic acids is 1. The van der Waals surface area contributed by atoms with Crippen molar-refractivity contribution in [3.05, 3.63) is 29.1 Å². The molecule has 0 aliphatic rings. The molecule has 0 saturated heterocycles. The second-order valence-corrected chi connectivity index (χ2v) is 3.86. The van der Waals surface area contributed by atoms with Crippen molar-refractivity contribution >= 4 is 11.9 Å². The monoisotopic (exact) mass is 276 g/mol. The fourth-order valence-electron chi connectivity index (χ4n) is 1.30. The van der Waals surface area contributed by atoms with Gasteiger partial charge in [-0.3, -0.25) is 9.59 Å². The van der Waals surface area contributed by atoms with Crippen LogP contribution < -0.4 is 5.32 Å². The van der Waals surface area contributed by atoms with Gasteiger partial charge in [0.05, 0.1) is 11.3 Å². The molecule has 1 atom stereocenters. The normalized spacial score (nSPS) is 12.9. The molecule has 1 rings (SSSR count). The summed E-state index contributed by atoms with van der Waals surface area (Å²) in [5, 5.41) is 10.8.